The summed E-state index contributed by atoms with van der Waals surface area (Å²) in [4.78, 5) is 25.9. The maximum Gasteiger partial charge on any atom is 0.402 e. The molecule has 3 saturated heterocycles. The van der Waals surface area contributed by atoms with Crippen LogP contribution in [0.3, 0.4) is 0 Å². The van der Waals surface area contributed by atoms with Crippen molar-refractivity contribution >= 4 is 35.1 Å². The molecule has 6 unspecified atom stereocenters. The van der Waals surface area contributed by atoms with E-state index in [-0.39, 0.29) is 39.5 Å². The van der Waals surface area contributed by atoms with Crippen molar-refractivity contribution in [2.24, 2.45) is 0 Å². The van der Waals surface area contributed by atoms with Crippen molar-refractivity contribution in [3.05, 3.63) is 90.0 Å². The molecule has 28 nitrogen and oxygen atoms in total. The number of carbonyl (C=O) groups excluding carboxylic acids is 2. The molecule has 3 fully saturated rings. The van der Waals surface area contributed by atoms with Crippen LogP contribution >= 0.6 is 0 Å². The molecule has 4 aromatic carbocycles. The van der Waals surface area contributed by atoms with E-state index in [1.807, 2.05) is 0 Å². The van der Waals surface area contributed by atoms with Crippen LogP contribution in [0.25, 0.3) is 34.4 Å². The van der Waals surface area contributed by atoms with E-state index in [1.165, 1.54) is 62.8 Å². The van der Waals surface area contributed by atoms with Crippen LogP contribution in [-0.2, 0) is 38.0 Å². The van der Waals surface area contributed by atoms with Gasteiger partial charge in [0, 0.05) is 36.4 Å². The summed E-state index contributed by atoms with van der Waals surface area (Å²) in [7, 11) is 2.63. The Morgan fingerprint density at radius 2 is 1.02 bits per heavy atom. The van der Waals surface area contributed by atoms with Crippen molar-refractivity contribution in [1.82, 2.24) is 0 Å². The molecule has 15 atom stereocenters. The van der Waals surface area contributed by atoms with Crippen LogP contribution in [0.15, 0.2) is 83.3 Å². The first-order valence-corrected chi connectivity index (χ1v) is 24.4. The van der Waals surface area contributed by atoms with Gasteiger partial charge in [0.25, 0.3) is 0 Å². The lowest BCUT2D eigenvalue weighted by Crippen LogP contribution is -2.65. The highest BCUT2D eigenvalue weighted by Gasteiger charge is 2.53. The zero-order valence-corrected chi connectivity index (χ0v) is 42.5. The lowest BCUT2D eigenvalue weighted by molar-refractivity contribution is -0.358. The van der Waals surface area contributed by atoms with Gasteiger partial charge in [-0.15, -0.1) is 0 Å². The molecule has 3 aliphatic rings. The summed E-state index contributed by atoms with van der Waals surface area (Å²) in [5, 5.41) is 160. The molecule has 0 saturated carbocycles. The number of carbonyl (C=O) groups is 2. The van der Waals surface area contributed by atoms with Gasteiger partial charge in [-0.25, -0.2) is 14.0 Å². The third-order valence-electron chi connectivity index (χ3n) is 13.1. The van der Waals surface area contributed by atoms with Gasteiger partial charge >= 0.3 is 23.3 Å². The van der Waals surface area contributed by atoms with E-state index in [4.69, 9.17) is 51.8 Å². The van der Waals surface area contributed by atoms with Gasteiger partial charge in [0.05, 0.1) is 32.5 Å². The normalized spacial score (nSPS) is 28.7. The fourth-order valence-electron chi connectivity index (χ4n) is 8.66. The summed E-state index contributed by atoms with van der Waals surface area (Å²) in [6.07, 6.45) is -24.7. The zero-order chi connectivity index (χ0) is 58.6. The van der Waals surface area contributed by atoms with Crippen LogP contribution in [0.1, 0.15) is 11.1 Å². The summed E-state index contributed by atoms with van der Waals surface area (Å²) in [5.41, 5.74) is 0.214. The van der Waals surface area contributed by atoms with Crippen LogP contribution in [-0.4, -0.2) is 215 Å². The number of aromatic hydroxyl groups is 6. The molecule has 8 rings (SSSR count). The van der Waals surface area contributed by atoms with Crippen LogP contribution in [0, 0.1) is 0 Å². The molecule has 81 heavy (non-hydrogen) atoms. The lowest BCUT2D eigenvalue weighted by atomic mass is 9.97. The molecule has 436 valence electrons. The Morgan fingerprint density at radius 1 is 0.531 bits per heavy atom. The van der Waals surface area contributed by atoms with E-state index >= 15 is 0 Å². The summed E-state index contributed by atoms with van der Waals surface area (Å²) >= 11 is 0. The van der Waals surface area contributed by atoms with Crippen molar-refractivity contribution in [2.45, 2.75) is 92.1 Å². The number of fused-ring (bicyclic) bond motifs is 1. The Balaban J connectivity index is 1.14. The largest absolute Gasteiger partial charge is 0.507 e. The standard InChI is InChI=1S/C53H56O28/c1-71-32-11-21(3-7-26(32)56)5-9-38(60)73-19-36-42(64)45(67)48(70)52(79-36)81-50-46(68)43(65)37(20-74-39(61)10-6-22-4-8-27(57)33(12-22)72-2)80-53(50)77-34-17-25-30(75-49(34)23-13-28(58)40(62)29(59)14-23)15-24(55)16-31(25)76-51-47(69)44(66)41(63)35(18-54)78-51/h3-17,35-37,41-48,50-54,63-70H,18-20H2,1-2H3,(H5-,55,56,57,58,59,60,61,62)/p+1/t35?,36?,37?,41-,42-,43-,44+,45+,46+,47?,48?,50?,51-,52+,53-/m1/s1. The second-order valence-electron chi connectivity index (χ2n) is 18.5. The van der Waals surface area contributed by atoms with Gasteiger partial charge in [-0.1, -0.05) is 12.1 Å². The Morgan fingerprint density at radius 3 is 1.57 bits per heavy atom. The van der Waals surface area contributed by atoms with Crippen LogP contribution in [0.4, 0.5) is 0 Å². The number of ether oxygens (including phenoxy) is 10. The molecule has 0 spiro atoms. The Hall–Kier alpha value is -7.81. The minimum Gasteiger partial charge on any atom is -0.507 e. The highest BCUT2D eigenvalue weighted by atomic mass is 16.8. The van der Waals surface area contributed by atoms with Crippen LogP contribution in [0.5, 0.6) is 57.5 Å². The highest BCUT2D eigenvalue weighted by Crippen LogP contribution is 2.46. The van der Waals surface area contributed by atoms with Gasteiger partial charge in [0.15, 0.2) is 52.6 Å². The maximum absolute atomic E-state index is 13.1. The molecule has 28 heteroatoms. The van der Waals surface area contributed by atoms with Crippen molar-refractivity contribution in [3.63, 3.8) is 0 Å². The Kier molecular flexibility index (Phi) is 18.5. The van der Waals surface area contributed by atoms with Gasteiger partial charge in [-0.05, 0) is 47.5 Å². The van der Waals surface area contributed by atoms with Crippen LogP contribution < -0.4 is 18.9 Å². The molecule has 0 bridgehead atoms. The monoisotopic (exact) mass is 1140 g/mol. The molecule has 0 radical (unpaired) electrons. The van der Waals surface area contributed by atoms with E-state index in [0.717, 1.165) is 42.5 Å². The second-order valence-corrected chi connectivity index (χ2v) is 18.5. The van der Waals surface area contributed by atoms with E-state index in [0.29, 0.717) is 11.1 Å². The summed E-state index contributed by atoms with van der Waals surface area (Å²) in [6.45, 7) is -2.48. The number of aliphatic hydroxyl groups excluding tert-OH is 9. The number of hydrogen-bond acceptors (Lipinski definition) is 27. The van der Waals surface area contributed by atoms with E-state index in [2.05, 4.69) is 0 Å². The summed E-state index contributed by atoms with van der Waals surface area (Å²) < 4.78 is 62.7. The molecular formula is C53H57O28+. The second kappa shape index (κ2) is 25.3. The van der Waals surface area contributed by atoms with Crippen molar-refractivity contribution < 1.29 is 138 Å². The zero-order valence-electron chi connectivity index (χ0n) is 42.5. The summed E-state index contributed by atoms with van der Waals surface area (Å²) in [6, 6.07) is 13.3. The molecule has 4 heterocycles. The van der Waals surface area contributed by atoms with Gasteiger partial charge in [0.1, 0.15) is 97.2 Å². The first-order chi connectivity index (χ1) is 38.6. The van der Waals surface area contributed by atoms with Crippen molar-refractivity contribution in [2.75, 3.05) is 34.0 Å². The van der Waals surface area contributed by atoms with Crippen molar-refractivity contribution in [1.29, 1.82) is 0 Å². The smallest absolute Gasteiger partial charge is 0.402 e. The first kappa shape index (κ1) is 59.3. The molecule has 5 aromatic rings. The third-order valence-corrected chi connectivity index (χ3v) is 13.1. The Labute approximate surface area is 457 Å². The quantitative estimate of drug-likeness (QED) is 0.0224. The number of hydrogen-bond donors (Lipinski definition) is 15. The van der Waals surface area contributed by atoms with E-state index < -0.39 is 164 Å². The molecule has 15 N–H and O–H groups in total. The molecule has 1 aromatic heterocycles. The topological polar surface area (TPSA) is 441 Å². The summed E-state index contributed by atoms with van der Waals surface area (Å²) in [5.74, 6) is -6.94. The lowest BCUT2D eigenvalue weighted by Gasteiger charge is -2.45. The number of aliphatic hydroxyl groups is 9. The minimum atomic E-state index is -2.21. The minimum absolute atomic E-state index is 0.0893. The fraction of sp³-hybridized carbons (Fsp3) is 0.377. The van der Waals surface area contributed by atoms with Crippen LogP contribution in [0.2, 0.25) is 0 Å². The van der Waals surface area contributed by atoms with Crippen molar-refractivity contribution in [3.8, 4) is 68.8 Å². The number of phenolic OH excluding ortho intramolecular Hbond substituents is 6. The third kappa shape index (κ3) is 13.2. The first-order valence-electron chi connectivity index (χ1n) is 24.4. The molecule has 0 amide bonds. The molecular weight excluding hydrogens is 1080 g/mol. The predicted octanol–water partition coefficient (Wildman–Crippen LogP) is -0.658. The molecule has 0 aliphatic carbocycles. The number of esters is 2. The maximum atomic E-state index is 13.1. The SMILES string of the molecule is COc1cc(/C=C/C(=O)OCC2O[C@@H](OC3[C@H](Oc4cc5c(O[C@@H]6OC(CO)[C@@H](O)[C@H](O)C6O)cc(O)cc5[o+]c4-c4cc(O)c(O)c(O)c4)OC(COC(=O)/C=C/c4ccc(O)c(OC)c4)[C@@H](O)[C@@H]3O)C(O)[C@@H](O)[C@@H]2O)ccc1O. The number of phenols is 6. The average Bonchev–Trinajstić information content (AvgIpc) is 3.60. The Bertz CT molecular complexity index is 3090. The van der Waals surface area contributed by atoms with Gasteiger partial charge in [-0.3, -0.25) is 0 Å². The average molecular weight is 1140 g/mol. The highest BCUT2D eigenvalue weighted by molar-refractivity contribution is 5.90. The predicted molar refractivity (Wildman–Crippen MR) is 269 cm³/mol. The molecule has 3 aliphatic heterocycles. The fourth-order valence-corrected chi connectivity index (χ4v) is 8.66. The number of rotatable bonds is 18. The van der Waals surface area contributed by atoms with Gasteiger partial charge in [0.2, 0.25) is 18.3 Å². The number of methoxy groups -OCH3 is 2. The number of benzene rings is 4. The van der Waals surface area contributed by atoms with E-state index in [9.17, 15) is 86.2 Å². The van der Waals surface area contributed by atoms with Gasteiger partial charge < -0.3 is 124 Å². The van der Waals surface area contributed by atoms with Gasteiger partial charge in [-0.2, -0.15) is 0 Å². The van der Waals surface area contributed by atoms with E-state index in [1.54, 1.807) is 0 Å².